The van der Waals surface area contributed by atoms with E-state index >= 15 is 0 Å². The molecule has 0 aromatic carbocycles. The average Bonchev–Trinajstić information content (AvgIpc) is 2.65. The Kier molecular flexibility index (Phi) is 2.44. The van der Waals surface area contributed by atoms with Crippen molar-refractivity contribution in [2.24, 2.45) is 0 Å². The van der Waals surface area contributed by atoms with Crippen molar-refractivity contribution in [3.63, 3.8) is 0 Å². The molecule has 0 radical (unpaired) electrons. The third-order valence-electron chi connectivity index (χ3n) is 2.06. The number of aromatic nitrogens is 3. The van der Waals surface area contributed by atoms with E-state index in [1.165, 1.54) is 0 Å². The largest absolute Gasteiger partial charge is 0.369 e. The summed E-state index contributed by atoms with van der Waals surface area (Å²) < 4.78 is 1.74. The summed E-state index contributed by atoms with van der Waals surface area (Å²) in [5.41, 5.74) is 10.8. The van der Waals surface area contributed by atoms with Crippen molar-refractivity contribution in [2.45, 2.75) is 19.6 Å². The van der Waals surface area contributed by atoms with Gasteiger partial charge in [0.25, 0.3) is 0 Å². The van der Waals surface area contributed by atoms with E-state index in [0.717, 1.165) is 11.1 Å². The molecule has 0 unspecified atom stereocenters. The van der Waals surface area contributed by atoms with Crippen molar-refractivity contribution in [1.29, 1.82) is 0 Å². The van der Waals surface area contributed by atoms with Crippen molar-refractivity contribution in [2.75, 3.05) is 5.73 Å². The molecule has 0 saturated carbocycles. The maximum absolute atomic E-state index is 5.72. The highest BCUT2D eigenvalue weighted by Gasteiger charge is 2.08. The smallest absolute Gasteiger partial charge is 0.206 e. The lowest BCUT2D eigenvalue weighted by atomic mass is 10.3. The van der Waals surface area contributed by atoms with Crippen molar-refractivity contribution in [1.82, 2.24) is 14.4 Å². The molecule has 16 heavy (non-hydrogen) atoms. The zero-order chi connectivity index (χ0) is 11.8. The first kappa shape index (κ1) is 10.7. The zero-order valence-electron chi connectivity index (χ0n) is 9.65. The molecule has 0 aliphatic rings. The number of anilines is 1. The average molecular weight is 230 g/mol. The van der Waals surface area contributed by atoms with Crippen molar-refractivity contribution in [3.05, 3.63) is 24.3 Å². The number of rotatable bonds is 0. The van der Waals surface area contributed by atoms with E-state index in [4.69, 9.17) is 5.73 Å². The molecule has 5 heteroatoms. The van der Waals surface area contributed by atoms with Gasteiger partial charge in [0.05, 0.1) is 17.3 Å². The second kappa shape index (κ2) is 3.65. The van der Waals surface area contributed by atoms with Crippen LogP contribution in [0.2, 0.25) is 19.6 Å². The normalized spacial score (nSPS) is 11.2. The van der Waals surface area contributed by atoms with E-state index in [1.54, 1.807) is 23.1 Å². The highest BCUT2D eigenvalue weighted by molar-refractivity contribution is 6.83. The lowest BCUT2D eigenvalue weighted by Gasteiger charge is -2.04. The first-order valence-corrected chi connectivity index (χ1v) is 8.57. The Hall–Kier alpha value is -1.80. The summed E-state index contributed by atoms with van der Waals surface area (Å²) in [4.78, 5) is 8.15. The Labute approximate surface area is 95.5 Å². The van der Waals surface area contributed by atoms with Gasteiger partial charge in [-0.25, -0.2) is 9.97 Å². The molecule has 0 aliphatic carbocycles. The van der Waals surface area contributed by atoms with E-state index in [9.17, 15) is 0 Å². The first-order valence-electron chi connectivity index (χ1n) is 5.07. The van der Waals surface area contributed by atoms with Gasteiger partial charge in [0.1, 0.15) is 14.4 Å². The fourth-order valence-electron chi connectivity index (χ4n) is 1.29. The molecule has 0 aliphatic heterocycles. The van der Waals surface area contributed by atoms with Gasteiger partial charge in [0, 0.05) is 6.20 Å². The van der Waals surface area contributed by atoms with E-state index < -0.39 is 8.07 Å². The van der Waals surface area contributed by atoms with Crippen LogP contribution in [-0.4, -0.2) is 22.4 Å². The van der Waals surface area contributed by atoms with Crippen LogP contribution < -0.4 is 5.73 Å². The van der Waals surface area contributed by atoms with Crippen LogP contribution in [0.3, 0.4) is 0 Å². The molecule has 2 aromatic rings. The van der Waals surface area contributed by atoms with E-state index in [-0.39, 0.29) is 0 Å². The van der Waals surface area contributed by atoms with Gasteiger partial charge in [-0.05, 0) is 0 Å². The van der Waals surface area contributed by atoms with Gasteiger partial charge in [-0.2, -0.15) is 0 Å². The van der Waals surface area contributed by atoms with E-state index in [0.29, 0.717) is 5.95 Å². The predicted molar refractivity (Wildman–Crippen MR) is 67.6 cm³/mol. The summed E-state index contributed by atoms with van der Waals surface area (Å²) in [7, 11) is -1.37. The van der Waals surface area contributed by atoms with Crippen LogP contribution in [0, 0.1) is 11.5 Å². The molecule has 2 aromatic heterocycles. The summed E-state index contributed by atoms with van der Waals surface area (Å²) in [6.45, 7) is 6.62. The van der Waals surface area contributed by atoms with Crippen LogP contribution in [0.4, 0.5) is 5.95 Å². The monoisotopic (exact) mass is 230 g/mol. The molecule has 0 bridgehead atoms. The fraction of sp³-hybridized carbons (Fsp3) is 0.273. The molecule has 4 nitrogen and oxygen atoms in total. The molecule has 0 atom stereocenters. The topological polar surface area (TPSA) is 56.2 Å². The van der Waals surface area contributed by atoms with Crippen molar-refractivity contribution in [3.8, 4) is 11.5 Å². The number of fused-ring (bicyclic) bond motifs is 1. The molecule has 82 valence electrons. The summed E-state index contributed by atoms with van der Waals surface area (Å²) in [6, 6.07) is 0. The molecule has 2 heterocycles. The third kappa shape index (κ3) is 2.07. The predicted octanol–water partition coefficient (Wildman–Crippen LogP) is 1.54. The number of nitrogen functional groups attached to an aromatic ring is 1. The minimum Gasteiger partial charge on any atom is -0.369 e. The highest BCUT2D eigenvalue weighted by atomic mass is 28.3. The maximum atomic E-state index is 5.72. The maximum Gasteiger partial charge on any atom is 0.206 e. The highest BCUT2D eigenvalue weighted by Crippen LogP contribution is 2.11. The quantitative estimate of drug-likeness (QED) is 0.552. The lowest BCUT2D eigenvalue weighted by Crippen LogP contribution is -2.16. The standard InChI is InChI=1S/C11H14N4Si/c1-16(2,3)5-4-9-6-14-11(12)15-8-13-7-10(9)15/h6-8H,1-3H3,(H2,12,14). The van der Waals surface area contributed by atoms with E-state index in [1.807, 2.05) is 0 Å². The van der Waals surface area contributed by atoms with Crippen LogP contribution in [0.15, 0.2) is 18.7 Å². The van der Waals surface area contributed by atoms with Crippen LogP contribution >= 0.6 is 0 Å². The molecule has 0 fully saturated rings. The zero-order valence-corrected chi connectivity index (χ0v) is 10.7. The Bertz CT molecular complexity index is 583. The van der Waals surface area contributed by atoms with Gasteiger partial charge in [-0.3, -0.25) is 4.40 Å². The van der Waals surface area contributed by atoms with E-state index in [2.05, 4.69) is 41.1 Å². The van der Waals surface area contributed by atoms with Gasteiger partial charge in [0.15, 0.2) is 0 Å². The molecule has 2 N–H and O–H groups in total. The second-order valence-electron chi connectivity index (χ2n) is 4.68. The SMILES string of the molecule is C[Si](C)(C)C#Cc1cnc(N)n2cncc12. The lowest BCUT2D eigenvalue weighted by molar-refractivity contribution is 1.09. The molecule has 0 amide bonds. The molecule has 0 saturated heterocycles. The Balaban J connectivity index is 2.57. The molecule has 2 rings (SSSR count). The van der Waals surface area contributed by atoms with Crippen LogP contribution in [0.1, 0.15) is 5.56 Å². The van der Waals surface area contributed by atoms with Gasteiger partial charge in [-0.1, -0.05) is 25.6 Å². The summed E-state index contributed by atoms with van der Waals surface area (Å²) in [5, 5.41) is 0. The summed E-state index contributed by atoms with van der Waals surface area (Å²) in [6.07, 6.45) is 5.11. The Morgan fingerprint density at radius 2 is 2.06 bits per heavy atom. The first-order chi connectivity index (χ1) is 7.47. The van der Waals surface area contributed by atoms with Gasteiger partial charge in [-0.15, -0.1) is 5.54 Å². The fourth-order valence-corrected chi connectivity index (χ4v) is 1.80. The van der Waals surface area contributed by atoms with Crippen LogP contribution in [-0.2, 0) is 0 Å². The van der Waals surface area contributed by atoms with Gasteiger partial charge < -0.3 is 5.73 Å². The molecule has 0 spiro atoms. The molecular weight excluding hydrogens is 216 g/mol. The summed E-state index contributed by atoms with van der Waals surface area (Å²) >= 11 is 0. The number of hydrogen-bond donors (Lipinski definition) is 1. The minimum absolute atomic E-state index is 0.436. The summed E-state index contributed by atoms with van der Waals surface area (Å²) in [5.74, 6) is 3.61. The third-order valence-corrected chi connectivity index (χ3v) is 2.93. The number of hydrogen-bond acceptors (Lipinski definition) is 3. The molecular formula is C11H14N4Si. The Morgan fingerprint density at radius 3 is 2.75 bits per heavy atom. The van der Waals surface area contributed by atoms with Crippen molar-refractivity contribution < 1.29 is 0 Å². The van der Waals surface area contributed by atoms with Crippen LogP contribution in [0.25, 0.3) is 5.52 Å². The van der Waals surface area contributed by atoms with Gasteiger partial charge >= 0.3 is 0 Å². The Morgan fingerprint density at radius 1 is 1.31 bits per heavy atom. The van der Waals surface area contributed by atoms with Crippen molar-refractivity contribution >= 4 is 19.5 Å². The van der Waals surface area contributed by atoms with Gasteiger partial charge in [0.2, 0.25) is 5.95 Å². The second-order valence-corrected chi connectivity index (χ2v) is 9.43. The number of imidazole rings is 1. The number of nitrogens with zero attached hydrogens (tertiary/aromatic N) is 3. The number of nitrogens with two attached hydrogens (primary N) is 1. The minimum atomic E-state index is -1.37. The van der Waals surface area contributed by atoms with Crippen LogP contribution in [0.5, 0.6) is 0 Å².